The number of ether oxygens (including phenoxy) is 1. The molecular formula is C17H26N4O2. The van der Waals surface area contributed by atoms with E-state index in [9.17, 15) is 4.79 Å². The molecule has 0 aromatic carbocycles. The van der Waals surface area contributed by atoms with E-state index in [0.29, 0.717) is 17.8 Å². The third-order valence-electron chi connectivity index (χ3n) is 4.47. The number of nitrogens with zero attached hydrogens (tertiary/aromatic N) is 2. The van der Waals surface area contributed by atoms with Gasteiger partial charge in [0.25, 0.3) is 0 Å². The van der Waals surface area contributed by atoms with Crippen LogP contribution in [0.15, 0.2) is 12.1 Å². The maximum atomic E-state index is 12.1. The molecule has 2 N–H and O–H groups in total. The van der Waals surface area contributed by atoms with E-state index >= 15 is 0 Å². The summed E-state index contributed by atoms with van der Waals surface area (Å²) in [6.45, 7) is 6.97. The maximum Gasteiger partial charge on any atom is 0.320 e. The molecule has 2 fully saturated rings. The fourth-order valence-electron chi connectivity index (χ4n) is 2.89. The van der Waals surface area contributed by atoms with E-state index in [1.54, 1.807) is 6.07 Å². The van der Waals surface area contributed by atoms with Gasteiger partial charge in [-0.3, -0.25) is 5.32 Å². The van der Waals surface area contributed by atoms with Gasteiger partial charge < -0.3 is 10.1 Å². The van der Waals surface area contributed by atoms with E-state index in [4.69, 9.17) is 4.74 Å². The van der Waals surface area contributed by atoms with Gasteiger partial charge in [-0.15, -0.1) is 5.10 Å². The Morgan fingerprint density at radius 2 is 2.00 bits per heavy atom. The van der Waals surface area contributed by atoms with Crippen molar-refractivity contribution in [1.82, 2.24) is 15.5 Å². The standard InChI is InChI=1S/C17H26N4O2/c1-17(2,3)14-6-7-15(21-20-14)19-16(22)18-12-8-9-23-13(10-12)11-4-5-11/h6-7,11-13H,4-5,8-10H2,1-3H3,(H2,18,19,21,22)/t12-,13+/m1/s1. The molecule has 6 nitrogen and oxygen atoms in total. The molecular weight excluding hydrogens is 292 g/mol. The molecule has 2 atom stereocenters. The number of amides is 2. The van der Waals surface area contributed by atoms with Crippen LogP contribution in [-0.2, 0) is 10.2 Å². The lowest BCUT2D eigenvalue weighted by atomic mass is 9.92. The normalized spacial score (nSPS) is 25.0. The summed E-state index contributed by atoms with van der Waals surface area (Å²) in [6.07, 6.45) is 4.62. The number of carbonyl (C=O) groups is 1. The Hall–Kier alpha value is -1.69. The first kappa shape index (κ1) is 16.2. The van der Waals surface area contributed by atoms with Crippen molar-refractivity contribution in [2.24, 2.45) is 5.92 Å². The summed E-state index contributed by atoms with van der Waals surface area (Å²) in [5.74, 6) is 1.18. The first-order chi connectivity index (χ1) is 10.9. The number of hydrogen-bond acceptors (Lipinski definition) is 4. The van der Waals surface area contributed by atoms with Gasteiger partial charge >= 0.3 is 6.03 Å². The van der Waals surface area contributed by atoms with Gasteiger partial charge in [0.15, 0.2) is 5.82 Å². The molecule has 2 amide bonds. The van der Waals surface area contributed by atoms with Crippen LogP contribution in [0.5, 0.6) is 0 Å². The molecule has 1 aromatic rings. The SMILES string of the molecule is CC(C)(C)c1ccc(NC(=O)N[C@@H]2CCO[C@H](C3CC3)C2)nn1. The number of hydrogen-bond donors (Lipinski definition) is 2. The summed E-state index contributed by atoms with van der Waals surface area (Å²) < 4.78 is 5.78. The van der Waals surface area contributed by atoms with E-state index in [1.165, 1.54) is 12.8 Å². The highest BCUT2D eigenvalue weighted by Gasteiger charge is 2.36. The van der Waals surface area contributed by atoms with Crippen LogP contribution in [0, 0.1) is 5.92 Å². The lowest BCUT2D eigenvalue weighted by Crippen LogP contribution is -2.44. The Kier molecular flexibility index (Phi) is 4.53. The molecule has 1 aromatic heterocycles. The lowest BCUT2D eigenvalue weighted by Gasteiger charge is -2.30. The molecule has 1 aliphatic heterocycles. The van der Waals surface area contributed by atoms with E-state index in [-0.39, 0.29) is 17.5 Å². The van der Waals surface area contributed by atoms with Crippen LogP contribution in [0.1, 0.15) is 52.1 Å². The molecule has 1 saturated carbocycles. The van der Waals surface area contributed by atoms with Gasteiger partial charge in [0.1, 0.15) is 0 Å². The minimum absolute atomic E-state index is 0.0479. The van der Waals surface area contributed by atoms with Crippen LogP contribution in [0.25, 0.3) is 0 Å². The second kappa shape index (κ2) is 6.43. The third kappa shape index (κ3) is 4.41. The molecule has 6 heteroatoms. The highest BCUT2D eigenvalue weighted by Crippen LogP contribution is 2.38. The van der Waals surface area contributed by atoms with Crippen LogP contribution < -0.4 is 10.6 Å². The van der Waals surface area contributed by atoms with Gasteiger partial charge in [0, 0.05) is 18.1 Å². The average molecular weight is 318 g/mol. The largest absolute Gasteiger partial charge is 0.378 e. The third-order valence-corrected chi connectivity index (χ3v) is 4.47. The fourth-order valence-corrected chi connectivity index (χ4v) is 2.89. The van der Waals surface area contributed by atoms with E-state index in [1.807, 2.05) is 6.07 Å². The van der Waals surface area contributed by atoms with Crippen LogP contribution in [0.4, 0.5) is 10.6 Å². The van der Waals surface area contributed by atoms with Crippen LogP contribution >= 0.6 is 0 Å². The van der Waals surface area contributed by atoms with Crippen LogP contribution in [0.2, 0.25) is 0 Å². The molecule has 0 unspecified atom stereocenters. The minimum atomic E-state index is -0.218. The van der Waals surface area contributed by atoms with Crippen molar-refractivity contribution in [2.75, 3.05) is 11.9 Å². The number of aromatic nitrogens is 2. The molecule has 23 heavy (non-hydrogen) atoms. The van der Waals surface area contributed by atoms with Crippen molar-refractivity contribution in [3.8, 4) is 0 Å². The smallest absolute Gasteiger partial charge is 0.320 e. The van der Waals surface area contributed by atoms with E-state index in [0.717, 1.165) is 25.1 Å². The number of rotatable bonds is 3. The monoisotopic (exact) mass is 318 g/mol. The number of carbonyl (C=O) groups excluding carboxylic acids is 1. The maximum absolute atomic E-state index is 12.1. The highest BCUT2D eigenvalue weighted by molar-refractivity contribution is 5.88. The molecule has 1 saturated heterocycles. The summed E-state index contributed by atoms with van der Waals surface area (Å²) in [5, 5.41) is 14.1. The predicted molar refractivity (Wildman–Crippen MR) is 88.4 cm³/mol. The van der Waals surface area contributed by atoms with Crippen molar-refractivity contribution in [3.05, 3.63) is 17.8 Å². The van der Waals surface area contributed by atoms with Crippen LogP contribution in [0.3, 0.4) is 0 Å². The van der Waals surface area contributed by atoms with Crippen molar-refractivity contribution in [3.63, 3.8) is 0 Å². The van der Waals surface area contributed by atoms with Gasteiger partial charge in [-0.05, 0) is 43.7 Å². The molecule has 2 heterocycles. The summed E-state index contributed by atoms with van der Waals surface area (Å²) in [7, 11) is 0. The molecule has 0 bridgehead atoms. The molecule has 3 rings (SSSR count). The fraction of sp³-hybridized carbons (Fsp3) is 0.706. The zero-order chi connectivity index (χ0) is 16.4. The number of urea groups is 1. The van der Waals surface area contributed by atoms with Gasteiger partial charge in [0.05, 0.1) is 11.8 Å². The Morgan fingerprint density at radius 3 is 2.61 bits per heavy atom. The van der Waals surface area contributed by atoms with E-state index in [2.05, 4.69) is 41.6 Å². The summed E-state index contributed by atoms with van der Waals surface area (Å²) in [5.41, 5.74) is 0.855. The van der Waals surface area contributed by atoms with Crippen LogP contribution in [-0.4, -0.2) is 35.0 Å². The number of anilines is 1. The molecule has 0 spiro atoms. The van der Waals surface area contributed by atoms with Crippen molar-refractivity contribution in [1.29, 1.82) is 0 Å². The summed E-state index contributed by atoms with van der Waals surface area (Å²) >= 11 is 0. The first-order valence-corrected chi connectivity index (χ1v) is 8.45. The van der Waals surface area contributed by atoms with Crippen molar-refractivity contribution in [2.45, 2.75) is 64.0 Å². The van der Waals surface area contributed by atoms with Gasteiger partial charge in [-0.25, -0.2) is 4.79 Å². The topological polar surface area (TPSA) is 76.1 Å². The average Bonchev–Trinajstić information content (AvgIpc) is 3.31. The van der Waals surface area contributed by atoms with Gasteiger partial charge in [0.2, 0.25) is 0 Å². The Labute approximate surface area is 137 Å². The zero-order valence-electron chi connectivity index (χ0n) is 14.1. The lowest BCUT2D eigenvalue weighted by molar-refractivity contribution is -0.00889. The number of nitrogens with one attached hydrogen (secondary N) is 2. The minimum Gasteiger partial charge on any atom is -0.378 e. The van der Waals surface area contributed by atoms with Gasteiger partial charge in [-0.2, -0.15) is 5.10 Å². The Bertz CT molecular complexity index is 549. The second-order valence-electron chi connectivity index (χ2n) is 7.62. The zero-order valence-corrected chi connectivity index (χ0v) is 14.1. The first-order valence-electron chi connectivity index (χ1n) is 8.45. The second-order valence-corrected chi connectivity index (χ2v) is 7.62. The van der Waals surface area contributed by atoms with E-state index < -0.39 is 0 Å². The highest BCUT2D eigenvalue weighted by atomic mass is 16.5. The Balaban J connectivity index is 1.50. The molecule has 1 aliphatic carbocycles. The quantitative estimate of drug-likeness (QED) is 0.898. The molecule has 126 valence electrons. The molecule has 2 aliphatic rings. The van der Waals surface area contributed by atoms with Crippen molar-refractivity contribution < 1.29 is 9.53 Å². The van der Waals surface area contributed by atoms with Crippen molar-refractivity contribution >= 4 is 11.8 Å². The predicted octanol–water partition coefficient (Wildman–Crippen LogP) is 2.85. The summed E-state index contributed by atoms with van der Waals surface area (Å²) in [6, 6.07) is 3.66. The summed E-state index contributed by atoms with van der Waals surface area (Å²) in [4.78, 5) is 12.1. The van der Waals surface area contributed by atoms with Gasteiger partial charge in [-0.1, -0.05) is 20.8 Å². The Morgan fingerprint density at radius 1 is 1.22 bits per heavy atom. The molecule has 0 radical (unpaired) electrons.